The molecule has 0 bridgehead atoms. The summed E-state index contributed by atoms with van der Waals surface area (Å²) in [4.78, 5) is 22.4. The zero-order valence-corrected chi connectivity index (χ0v) is 8.69. The van der Waals surface area contributed by atoms with Gasteiger partial charge in [-0.1, -0.05) is 19.1 Å². The van der Waals surface area contributed by atoms with Gasteiger partial charge in [0, 0.05) is 6.04 Å². The van der Waals surface area contributed by atoms with Gasteiger partial charge >= 0.3 is 11.8 Å². The summed E-state index contributed by atoms with van der Waals surface area (Å²) in [5, 5.41) is 4.90. The quantitative estimate of drug-likeness (QED) is 0.413. The van der Waals surface area contributed by atoms with Crippen LogP contribution in [0.15, 0.2) is 0 Å². The van der Waals surface area contributed by atoms with Gasteiger partial charge < -0.3 is 16.4 Å². The summed E-state index contributed by atoms with van der Waals surface area (Å²) in [5.41, 5.74) is 5.16. The Morgan fingerprint density at radius 1 is 1.50 bits per heavy atom. The molecule has 4 N–H and O–H groups in total. The van der Waals surface area contributed by atoms with Crippen LogP contribution in [0.25, 0.3) is 0 Å². The first-order chi connectivity index (χ1) is 6.50. The van der Waals surface area contributed by atoms with Gasteiger partial charge in [0.1, 0.15) is 0 Å². The van der Waals surface area contributed by atoms with Crippen LogP contribution in [0.3, 0.4) is 0 Å². The van der Waals surface area contributed by atoms with Gasteiger partial charge in [0.15, 0.2) is 0 Å². The molecule has 14 heavy (non-hydrogen) atoms. The largest absolute Gasteiger partial charge is 0.392 e. The van der Waals surface area contributed by atoms with Gasteiger partial charge in [0.2, 0.25) is 0 Å². The van der Waals surface area contributed by atoms with Gasteiger partial charge in [-0.15, -0.1) is 0 Å². The monoisotopic (exact) mass is 215 g/mol. The zero-order chi connectivity index (χ0) is 10.7. The molecule has 0 aromatic carbocycles. The van der Waals surface area contributed by atoms with Crippen molar-refractivity contribution in [3.8, 4) is 0 Å². The van der Waals surface area contributed by atoms with Crippen molar-refractivity contribution in [3.63, 3.8) is 0 Å². The lowest BCUT2D eigenvalue weighted by atomic mass is 10.4. The summed E-state index contributed by atoms with van der Waals surface area (Å²) >= 11 is 4.55. The standard InChI is InChI=1S/C8H13N3O2S/c1-4-2-5(4)11-8(13)7(12)10-3-6(9)14/h4-5H,2-3H2,1H3,(H2,9,14)(H,10,12)(H,11,13). The SMILES string of the molecule is CC1CC1NC(=O)C(=O)NCC(N)=S. The zero-order valence-electron chi connectivity index (χ0n) is 7.87. The highest BCUT2D eigenvalue weighted by molar-refractivity contribution is 7.80. The fourth-order valence-electron chi connectivity index (χ4n) is 1.00. The summed E-state index contributed by atoms with van der Waals surface area (Å²) in [6.07, 6.45) is 0.939. The van der Waals surface area contributed by atoms with E-state index < -0.39 is 11.8 Å². The third kappa shape index (κ3) is 3.29. The Kier molecular flexibility index (Phi) is 3.40. The first-order valence-electron chi connectivity index (χ1n) is 4.37. The number of hydrogen-bond acceptors (Lipinski definition) is 3. The number of nitrogens with two attached hydrogens (primary N) is 1. The van der Waals surface area contributed by atoms with Crippen LogP contribution in [0.5, 0.6) is 0 Å². The van der Waals surface area contributed by atoms with Crippen molar-refractivity contribution in [3.05, 3.63) is 0 Å². The van der Waals surface area contributed by atoms with E-state index in [-0.39, 0.29) is 17.6 Å². The Morgan fingerprint density at radius 3 is 2.50 bits per heavy atom. The molecule has 6 heteroatoms. The highest BCUT2D eigenvalue weighted by Crippen LogP contribution is 2.28. The minimum atomic E-state index is -0.683. The summed E-state index contributed by atoms with van der Waals surface area (Å²) in [7, 11) is 0. The molecule has 1 aliphatic rings. The Bertz CT molecular complexity index is 280. The Hall–Kier alpha value is -1.17. The molecule has 5 nitrogen and oxygen atoms in total. The van der Waals surface area contributed by atoms with E-state index in [1.165, 1.54) is 0 Å². The van der Waals surface area contributed by atoms with Crippen molar-refractivity contribution in [2.75, 3.05) is 6.54 Å². The second kappa shape index (κ2) is 4.36. The summed E-state index contributed by atoms with van der Waals surface area (Å²) < 4.78 is 0. The Labute approximate surface area is 87.4 Å². The van der Waals surface area contributed by atoms with Gasteiger partial charge in [0.05, 0.1) is 11.5 Å². The van der Waals surface area contributed by atoms with Gasteiger partial charge in [-0.2, -0.15) is 0 Å². The summed E-state index contributed by atoms with van der Waals surface area (Å²) in [6, 6.07) is 0.151. The topological polar surface area (TPSA) is 84.2 Å². The maximum Gasteiger partial charge on any atom is 0.309 e. The molecule has 2 unspecified atom stereocenters. The smallest absolute Gasteiger partial charge is 0.309 e. The molecule has 0 radical (unpaired) electrons. The van der Waals surface area contributed by atoms with E-state index in [4.69, 9.17) is 5.73 Å². The average molecular weight is 215 g/mol. The van der Waals surface area contributed by atoms with Crippen LogP contribution in [0, 0.1) is 5.92 Å². The average Bonchev–Trinajstić information content (AvgIpc) is 2.77. The fraction of sp³-hybridized carbons (Fsp3) is 0.625. The summed E-state index contributed by atoms with van der Waals surface area (Å²) in [5.74, 6) is -0.824. The molecule has 2 atom stereocenters. The van der Waals surface area contributed by atoms with E-state index in [1.807, 2.05) is 6.92 Å². The van der Waals surface area contributed by atoms with Crippen molar-refractivity contribution in [2.24, 2.45) is 11.7 Å². The molecule has 2 amide bonds. The van der Waals surface area contributed by atoms with E-state index in [1.54, 1.807) is 0 Å². The van der Waals surface area contributed by atoms with Gasteiger partial charge in [-0.05, 0) is 12.3 Å². The molecule has 1 saturated carbocycles. The Balaban J connectivity index is 2.22. The van der Waals surface area contributed by atoms with E-state index in [2.05, 4.69) is 22.9 Å². The van der Waals surface area contributed by atoms with Crippen LogP contribution in [-0.2, 0) is 9.59 Å². The number of carbonyl (C=O) groups excluding carboxylic acids is 2. The van der Waals surface area contributed by atoms with Crippen LogP contribution in [0.2, 0.25) is 0 Å². The highest BCUT2D eigenvalue weighted by atomic mass is 32.1. The normalized spacial score (nSPS) is 23.8. The van der Waals surface area contributed by atoms with Gasteiger partial charge in [-0.3, -0.25) is 9.59 Å². The molecule has 1 fully saturated rings. The lowest BCUT2D eigenvalue weighted by Gasteiger charge is -2.04. The third-order valence-electron chi connectivity index (χ3n) is 2.06. The lowest BCUT2D eigenvalue weighted by Crippen LogP contribution is -2.43. The molecule has 1 rings (SSSR count). The number of amides is 2. The number of thiocarbonyl (C=S) groups is 1. The second-order valence-corrected chi connectivity index (χ2v) is 3.97. The van der Waals surface area contributed by atoms with Crippen molar-refractivity contribution in [1.29, 1.82) is 0 Å². The van der Waals surface area contributed by atoms with Crippen LogP contribution in [0.4, 0.5) is 0 Å². The lowest BCUT2D eigenvalue weighted by molar-refractivity contribution is -0.139. The van der Waals surface area contributed by atoms with E-state index in [9.17, 15) is 9.59 Å². The molecular formula is C8H13N3O2S. The maximum atomic E-state index is 11.1. The minimum Gasteiger partial charge on any atom is -0.392 e. The maximum absolute atomic E-state index is 11.1. The molecule has 1 aliphatic carbocycles. The van der Waals surface area contributed by atoms with Crippen LogP contribution in [0.1, 0.15) is 13.3 Å². The molecule has 0 aromatic rings. The molecule has 0 spiro atoms. The molecule has 0 heterocycles. The number of carbonyl (C=O) groups is 2. The molecule has 0 aliphatic heterocycles. The second-order valence-electron chi connectivity index (χ2n) is 3.44. The van der Waals surface area contributed by atoms with E-state index in [0.717, 1.165) is 6.42 Å². The van der Waals surface area contributed by atoms with E-state index in [0.29, 0.717) is 5.92 Å². The van der Waals surface area contributed by atoms with Crippen molar-refractivity contribution >= 4 is 29.0 Å². The van der Waals surface area contributed by atoms with Crippen molar-refractivity contribution < 1.29 is 9.59 Å². The van der Waals surface area contributed by atoms with Crippen molar-refractivity contribution in [1.82, 2.24) is 10.6 Å². The third-order valence-corrected chi connectivity index (χ3v) is 2.20. The summed E-state index contributed by atoms with van der Waals surface area (Å²) in [6.45, 7) is 2.07. The molecule has 0 saturated heterocycles. The highest BCUT2D eigenvalue weighted by Gasteiger charge is 2.35. The van der Waals surface area contributed by atoms with Crippen LogP contribution in [-0.4, -0.2) is 29.4 Å². The van der Waals surface area contributed by atoms with Gasteiger partial charge in [-0.25, -0.2) is 0 Å². The molecule has 78 valence electrons. The first kappa shape index (κ1) is 10.9. The predicted molar refractivity (Wildman–Crippen MR) is 55.5 cm³/mol. The van der Waals surface area contributed by atoms with Crippen LogP contribution >= 0.6 is 12.2 Å². The van der Waals surface area contributed by atoms with Crippen molar-refractivity contribution in [2.45, 2.75) is 19.4 Å². The first-order valence-corrected chi connectivity index (χ1v) is 4.78. The number of hydrogen-bond donors (Lipinski definition) is 3. The predicted octanol–water partition coefficient (Wildman–Crippen LogP) is -1.09. The number of rotatable bonds is 3. The van der Waals surface area contributed by atoms with Crippen LogP contribution < -0.4 is 16.4 Å². The van der Waals surface area contributed by atoms with E-state index >= 15 is 0 Å². The minimum absolute atomic E-state index is 0.0573. The molecule has 0 aromatic heterocycles. The fourth-order valence-corrected chi connectivity index (χ4v) is 1.08. The number of nitrogens with one attached hydrogen (secondary N) is 2. The van der Waals surface area contributed by atoms with Gasteiger partial charge in [0.25, 0.3) is 0 Å². The Morgan fingerprint density at radius 2 is 2.07 bits per heavy atom. The molecular weight excluding hydrogens is 202 g/mol.